The molecule has 0 aromatic heterocycles. The Bertz CT molecular complexity index is 254. The Balaban J connectivity index is 3.20. The molecule has 1 aromatic carbocycles. The van der Waals surface area contributed by atoms with Crippen LogP contribution in [0.25, 0.3) is 0 Å². The average Bonchev–Trinajstić information content (AvgIpc) is 2.26. The van der Waals surface area contributed by atoms with E-state index in [1.54, 1.807) is 6.07 Å². The summed E-state index contributed by atoms with van der Waals surface area (Å²) in [5, 5.41) is 9.00. The molecule has 0 saturated carbocycles. The van der Waals surface area contributed by atoms with E-state index in [0.717, 1.165) is 0 Å². The quantitative estimate of drug-likeness (QED) is 0.803. The lowest BCUT2D eigenvalue weighted by molar-refractivity contribution is 0.272. The zero-order chi connectivity index (χ0) is 10.6. The minimum Gasteiger partial charge on any atom is -0.496 e. The highest BCUT2D eigenvalue weighted by atomic mass is 19.1. The van der Waals surface area contributed by atoms with Crippen molar-refractivity contribution < 1.29 is 19.0 Å². The Morgan fingerprint density at radius 3 is 2.07 bits per heavy atom. The van der Waals surface area contributed by atoms with Gasteiger partial charge in [-0.15, -0.1) is 0 Å². The normalized spacial score (nSPS) is 10.0. The Morgan fingerprint density at radius 2 is 1.64 bits per heavy atom. The summed E-state index contributed by atoms with van der Waals surface area (Å²) in [6.07, 6.45) is 0. The third-order valence-electron chi connectivity index (χ3n) is 2.00. The molecular weight excluding hydrogens is 187 g/mol. The molecule has 0 amide bonds. The maximum absolute atomic E-state index is 12.5. The number of aliphatic hydroxyl groups excluding tert-OH is 1. The van der Waals surface area contributed by atoms with Gasteiger partial charge in [0.15, 0.2) is 0 Å². The van der Waals surface area contributed by atoms with Crippen molar-refractivity contribution in [3.63, 3.8) is 0 Å². The maximum atomic E-state index is 12.5. The van der Waals surface area contributed by atoms with E-state index < -0.39 is 6.67 Å². The molecule has 0 aliphatic rings. The van der Waals surface area contributed by atoms with Crippen molar-refractivity contribution in [1.82, 2.24) is 0 Å². The van der Waals surface area contributed by atoms with Gasteiger partial charge in [0.05, 0.1) is 20.8 Å². The van der Waals surface area contributed by atoms with Gasteiger partial charge in [0.1, 0.15) is 18.2 Å². The van der Waals surface area contributed by atoms with Crippen molar-refractivity contribution in [2.24, 2.45) is 0 Å². The van der Waals surface area contributed by atoms with Gasteiger partial charge >= 0.3 is 0 Å². The lowest BCUT2D eigenvalue weighted by Crippen LogP contribution is -1.97. The van der Waals surface area contributed by atoms with E-state index in [0.29, 0.717) is 22.6 Å². The number of hydrogen-bond donors (Lipinski definition) is 1. The van der Waals surface area contributed by atoms with Gasteiger partial charge in [0, 0.05) is 11.1 Å². The molecule has 78 valence electrons. The minimum atomic E-state index is -0.620. The zero-order valence-electron chi connectivity index (χ0n) is 8.21. The second-order valence-corrected chi connectivity index (χ2v) is 2.77. The molecular formula is C10H13FO3. The fourth-order valence-electron chi connectivity index (χ4n) is 1.25. The summed E-state index contributed by atoms with van der Waals surface area (Å²) in [6, 6.07) is 3.11. The van der Waals surface area contributed by atoms with Crippen LogP contribution >= 0.6 is 0 Å². The molecule has 14 heavy (non-hydrogen) atoms. The second kappa shape index (κ2) is 4.81. The molecule has 0 bridgehead atoms. The van der Waals surface area contributed by atoms with Gasteiger partial charge in [-0.1, -0.05) is 0 Å². The number of hydrogen-bond acceptors (Lipinski definition) is 3. The smallest absolute Gasteiger partial charge is 0.125 e. The number of halogens is 1. The lowest BCUT2D eigenvalue weighted by Gasteiger charge is -2.11. The zero-order valence-corrected chi connectivity index (χ0v) is 8.21. The molecule has 0 atom stereocenters. The van der Waals surface area contributed by atoms with Crippen LogP contribution < -0.4 is 9.47 Å². The van der Waals surface area contributed by atoms with Gasteiger partial charge in [-0.2, -0.15) is 0 Å². The highest BCUT2D eigenvalue weighted by molar-refractivity contribution is 5.46. The monoisotopic (exact) mass is 200 g/mol. The van der Waals surface area contributed by atoms with E-state index in [-0.39, 0.29) is 6.61 Å². The second-order valence-electron chi connectivity index (χ2n) is 2.77. The van der Waals surface area contributed by atoms with Crippen LogP contribution in [0, 0.1) is 0 Å². The van der Waals surface area contributed by atoms with E-state index in [2.05, 4.69) is 0 Å². The largest absolute Gasteiger partial charge is 0.496 e. The van der Waals surface area contributed by atoms with E-state index in [1.165, 1.54) is 20.3 Å². The minimum absolute atomic E-state index is 0.161. The van der Waals surface area contributed by atoms with Crippen molar-refractivity contribution in [3.05, 3.63) is 23.3 Å². The molecule has 1 rings (SSSR count). The van der Waals surface area contributed by atoms with Crippen molar-refractivity contribution in [2.45, 2.75) is 13.3 Å². The first kappa shape index (κ1) is 10.8. The van der Waals surface area contributed by atoms with Crippen LogP contribution in [0.5, 0.6) is 11.5 Å². The first-order valence-corrected chi connectivity index (χ1v) is 4.17. The van der Waals surface area contributed by atoms with Crippen molar-refractivity contribution in [2.75, 3.05) is 14.2 Å². The van der Waals surface area contributed by atoms with Crippen LogP contribution in [0.15, 0.2) is 12.1 Å². The maximum Gasteiger partial charge on any atom is 0.125 e. The van der Waals surface area contributed by atoms with Crippen LogP contribution in [0.4, 0.5) is 4.39 Å². The molecule has 0 fully saturated rings. The third-order valence-corrected chi connectivity index (χ3v) is 2.00. The summed E-state index contributed by atoms with van der Waals surface area (Å²) in [5.74, 6) is 0.901. The standard InChI is InChI=1S/C10H13FO3/c1-13-9-4-8(6-12)10(14-2)3-7(9)5-11/h3-4,12H,5-6H2,1-2H3. The summed E-state index contributed by atoms with van der Waals surface area (Å²) in [7, 11) is 2.94. The summed E-state index contributed by atoms with van der Waals surface area (Å²) in [5.41, 5.74) is 1.00. The summed E-state index contributed by atoms with van der Waals surface area (Å²) < 4.78 is 22.5. The summed E-state index contributed by atoms with van der Waals surface area (Å²) in [6.45, 7) is -0.780. The van der Waals surface area contributed by atoms with Crippen LogP contribution in [0.1, 0.15) is 11.1 Å². The molecule has 3 nitrogen and oxygen atoms in total. The molecule has 0 aliphatic heterocycles. The Labute approximate surface area is 82.1 Å². The van der Waals surface area contributed by atoms with E-state index >= 15 is 0 Å². The summed E-state index contributed by atoms with van der Waals surface area (Å²) >= 11 is 0. The van der Waals surface area contributed by atoms with Gasteiger partial charge in [-0.3, -0.25) is 0 Å². The predicted octanol–water partition coefficient (Wildman–Crippen LogP) is 1.67. The average molecular weight is 200 g/mol. The molecule has 0 aliphatic carbocycles. The molecule has 0 spiro atoms. The Kier molecular flexibility index (Phi) is 3.71. The van der Waals surface area contributed by atoms with Gasteiger partial charge in [0.2, 0.25) is 0 Å². The highest BCUT2D eigenvalue weighted by Gasteiger charge is 2.09. The lowest BCUT2D eigenvalue weighted by atomic mass is 10.1. The first-order chi connectivity index (χ1) is 6.76. The molecule has 0 heterocycles. The number of methoxy groups -OCH3 is 2. The van der Waals surface area contributed by atoms with E-state index in [1.807, 2.05) is 0 Å². The summed E-state index contributed by atoms with van der Waals surface area (Å²) in [4.78, 5) is 0. The molecule has 4 heteroatoms. The highest BCUT2D eigenvalue weighted by Crippen LogP contribution is 2.29. The molecule has 0 unspecified atom stereocenters. The van der Waals surface area contributed by atoms with Crippen LogP contribution in [0.3, 0.4) is 0 Å². The first-order valence-electron chi connectivity index (χ1n) is 4.17. The van der Waals surface area contributed by atoms with Crippen LogP contribution in [0.2, 0.25) is 0 Å². The number of aliphatic hydroxyl groups is 1. The molecule has 0 radical (unpaired) electrons. The molecule has 1 aromatic rings. The van der Waals surface area contributed by atoms with Crippen molar-refractivity contribution in [1.29, 1.82) is 0 Å². The molecule has 0 saturated heterocycles. The Hall–Kier alpha value is -1.29. The number of alkyl halides is 1. The van der Waals surface area contributed by atoms with Gasteiger partial charge in [-0.05, 0) is 12.1 Å². The Morgan fingerprint density at radius 1 is 1.14 bits per heavy atom. The van der Waals surface area contributed by atoms with E-state index in [4.69, 9.17) is 14.6 Å². The van der Waals surface area contributed by atoms with E-state index in [9.17, 15) is 4.39 Å². The molecule has 1 N–H and O–H groups in total. The predicted molar refractivity (Wildman–Crippen MR) is 50.3 cm³/mol. The number of ether oxygens (including phenoxy) is 2. The number of benzene rings is 1. The van der Waals surface area contributed by atoms with Crippen LogP contribution in [-0.4, -0.2) is 19.3 Å². The van der Waals surface area contributed by atoms with Gasteiger partial charge in [-0.25, -0.2) is 4.39 Å². The fourth-order valence-corrected chi connectivity index (χ4v) is 1.25. The SMILES string of the molecule is COc1cc(CF)c(OC)cc1CO. The van der Waals surface area contributed by atoms with Gasteiger partial charge in [0.25, 0.3) is 0 Å². The fraction of sp³-hybridized carbons (Fsp3) is 0.400. The van der Waals surface area contributed by atoms with Gasteiger partial charge < -0.3 is 14.6 Å². The number of rotatable bonds is 4. The third kappa shape index (κ3) is 1.96. The van der Waals surface area contributed by atoms with Crippen LogP contribution in [-0.2, 0) is 13.3 Å². The van der Waals surface area contributed by atoms with Crippen molar-refractivity contribution >= 4 is 0 Å². The topological polar surface area (TPSA) is 38.7 Å². The van der Waals surface area contributed by atoms with Crippen molar-refractivity contribution in [3.8, 4) is 11.5 Å².